The molecule has 0 atom stereocenters. The van der Waals surface area contributed by atoms with E-state index in [0.717, 1.165) is 0 Å². The van der Waals surface area contributed by atoms with Gasteiger partial charge in [-0.1, -0.05) is 13.2 Å². The predicted molar refractivity (Wildman–Crippen MR) is 35.4 cm³/mol. The predicted octanol–water partition coefficient (Wildman–Crippen LogP) is 2.19. The van der Waals surface area contributed by atoms with Crippen LogP contribution < -0.4 is 0 Å². The molecule has 4 heteroatoms. The van der Waals surface area contributed by atoms with Gasteiger partial charge < -0.3 is 9.84 Å². The molecule has 0 aromatic heterocycles. The summed E-state index contributed by atoms with van der Waals surface area (Å²) in [5.74, 6) is 0. The quantitative estimate of drug-likeness (QED) is 0.485. The van der Waals surface area contributed by atoms with Crippen LogP contribution in [0.1, 0.15) is 0 Å². The topological polar surface area (TPSA) is 46.5 Å². The molecule has 0 amide bonds. The molecule has 52 valence electrons. The Morgan fingerprint density at radius 2 is 1.78 bits per heavy atom. The lowest BCUT2D eigenvalue weighted by atomic mass is 11.1. The fourth-order valence-corrected chi connectivity index (χ4v) is 0.0680. The van der Waals surface area contributed by atoms with Crippen LogP contribution in [0.3, 0.4) is 0 Å². The summed E-state index contributed by atoms with van der Waals surface area (Å²) in [7, 11) is 0. The maximum absolute atomic E-state index is 8.77. The molecule has 0 radical (unpaired) electrons. The molecule has 0 unspecified atom stereocenters. The van der Waals surface area contributed by atoms with E-state index in [-0.39, 0.29) is 0 Å². The summed E-state index contributed by atoms with van der Waals surface area (Å²) in [6.07, 6.45) is 2.62. The minimum absolute atomic E-state index is 1.31. The molecule has 0 aromatic carbocycles. The third-order valence-corrected chi connectivity index (χ3v) is 0.192. The molecule has 0 saturated heterocycles. The summed E-state index contributed by atoms with van der Waals surface area (Å²) in [5, 5.41) is 7.18. The smallest absolute Gasteiger partial charge is 0.401 e. The van der Waals surface area contributed by atoms with E-state index in [4.69, 9.17) is 9.90 Å². The van der Waals surface area contributed by atoms with Crippen molar-refractivity contribution in [2.75, 3.05) is 0 Å². The van der Waals surface area contributed by atoms with Crippen molar-refractivity contribution in [2.24, 2.45) is 0 Å². The molecule has 9 heavy (non-hydrogen) atoms. The van der Waals surface area contributed by atoms with E-state index in [2.05, 4.69) is 29.5 Å². The van der Waals surface area contributed by atoms with E-state index in [1.165, 1.54) is 12.5 Å². The fourth-order valence-electron chi connectivity index (χ4n) is 0.0680. The Balaban J connectivity index is 0. The molecular formula is C5H7ClO3. The van der Waals surface area contributed by atoms with Crippen LogP contribution in [0.4, 0.5) is 4.79 Å². The van der Waals surface area contributed by atoms with Crippen LogP contribution in [0, 0.1) is 0 Å². The summed E-state index contributed by atoms with van der Waals surface area (Å²) in [4.78, 5) is 8.77. The van der Waals surface area contributed by atoms with Gasteiger partial charge >= 0.3 is 5.43 Å². The van der Waals surface area contributed by atoms with Crippen molar-refractivity contribution >= 4 is 17.0 Å². The van der Waals surface area contributed by atoms with Gasteiger partial charge in [0, 0.05) is 11.6 Å². The number of hydrogen-bond acceptors (Lipinski definition) is 2. The first kappa shape index (κ1) is 10.9. The molecule has 0 aliphatic heterocycles. The number of hydrogen-bond donors (Lipinski definition) is 1. The van der Waals surface area contributed by atoms with Crippen LogP contribution in [0.25, 0.3) is 0 Å². The summed E-state index contributed by atoms with van der Waals surface area (Å²) in [6, 6.07) is 0. The fraction of sp³-hybridized carbons (Fsp3) is 0. The highest BCUT2D eigenvalue weighted by molar-refractivity contribution is 6.60. The molecule has 0 aliphatic carbocycles. The third-order valence-electron chi connectivity index (χ3n) is 0.192. The van der Waals surface area contributed by atoms with Crippen LogP contribution in [0.15, 0.2) is 25.7 Å². The molecule has 3 nitrogen and oxygen atoms in total. The van der Waals surface area contributed by atoms with E-state index < -0.39 is 5.43 Å². The Kier molecular flexibility index (Phi) is 12.3. The van der Waals surface area contributed by atoms with Crippen LogP contribution in [0.5, 0.6) is 0 Å². The standard InChI is InChI=1S/C4H6O.CHClO2/c1-3-5-4-2;2-1(3)4/h3-4H,1-2H2;(H,3,4). The Labute approximate surface area is 58.2 Å². The van der Waals surface area contributed by atoms with E-state index in [9.17, 15) is 0 Å². The highest BCUT2D eigenvalue weighted by Crippen LogP contribution is 1.67. The molecule has 1 N–H and O–H groups in total. The molecule has 0 heterocycles. The molecular weight excluding hydrogens is 144 g/mol. The van der Waals surface area contributed by atoms with Crippen LogP contribution >= 0.6 is 11.6 Å². The van der Waals surface area contributed by atoms with Crippen molar-refractivity contribution in [3.05, 3.63) is 25.7 Å². The zero-order valence-corrected chi connectivity index (χ0v) is 5.47. The average molecular weight is 151 g/mol. The van der Waals surface area contributed by atoms with Crippen molar-refractivity contribution < 1.29 is 14.6 Å². The lowest BCUT2D eigenvalue weighted by molar-refractivity contribution is 0.220. The van der Waals surface area contributed by atoms with Crippen LogP contribution in [-0.2, 0) is 4.74 Å². The number of ether oxygens (including phenoxy) is 1. The Hall–Kier alpha value is -0.960. The first-order valence-electron chi connectivity index (χ1n) is 1.90. The molecule has 0 spiro atoms. The summed E-state index contributed by atoms with van der Waals surface area (Å²) in [5.41, 5.74) is -1.36. The van der Waals surface area contributed by atoms with Gasteiger partial charge in [0.1, 0.15) is 0 Å². The Morgan fingerprint density at radius 1 is 1.56 bits per heavy atom. The maximum Gasteiger partial charge on any atom is 0.401 e. The second-order valence-electron chi connectivity index (χ2n) is 0.722. The van der Waals surface area contributed by atoms with E-state index in [0.29, 0.717) is 0 Å². The Morgan fingerprint density at radius 3 is 1.78 bits per heavy atom. The zero-order chi connectivity index (χ0) is 7.70. The van der Waals surface area contributed by atoms with Crippen molar-refractivity contribution in [1.82, 2.24) is 0 Å². The van der Waals surface area contributed by atoms with E-state index >= 15 is 0 Å². The minimum atomic E-state index is -1.36. The summed E-state index contributed by atoms with van der Waals surface area (Å²) < 4.78 is 4.36. The van der Waals surface area contributed by atoms with Gasteiger partial charge in [0.25, 0.3) is 0 Å². The van der Waals surface area contributed by atoms with Crippen molar-refractivity contribution in [3.8, 4) is 0 Å². The summed E-state index contributed by atoms with van der Waals surface area (Å²) in [6.45, 7) is 6.51. The second kappa shape index (κ2) is 10.1. The first-order chi connectivity index (χ1) is 4.15. The molecule has 0 bridgehead atoms. The molecule has 0 fully saturated rings. The molecule has 0 saturated carbocycles. The number of carbonyl (C=O) groups is 1. The lowest BCUT2D eigenvalue weighted by Crippen LogP contribution is -1.66. The monoisotopic (exact) mass is 150 g/mol. The second-order valence-corrected chi connectivity index (χ2v) is 1.05. The van der Waals surface area contributed by atoms with E-state index in [1.807, 2.05) is 0 Å². The van der Waals surface area contributed by atoms with Crippen molar-refractivity contribution in [1.29, 1.82) is 0 Å². The van der Waals surface area contributed by atoms with Gasteiger partial charge in [-0.3, -0.25) is 0 Å². The van der Waals surface area contributed by atoms with Crippen molar-refractivity contribution in [3.63, 3.8) is 0 Å². The number of carboxylic acid groups (broad SMARTS) is 1. The molecule has 0 aromatic rings. The van der Waals surface area contributed by atoms with Gasteiger partial charge in [0.15, 0.2) is 0 Å². The van der Waals surface area contributed by atoms with Crippen molar-refractivity contribution in [2.45, 2.75) is 0 Å². The first-order valence-corrected chi connectivity index (χ1v) is 2.28. The van der Waals surface area contributed by atoms with Crippen LogP contribution in [-0.4, -0.2) is 10.5 Å². The molecule has 0 aliphatic rings. The van der Waals surface area contributed by atoms with Gasteiger partial charge in [0.2, 0.25) is 0 Å². The SMILES string of the molecule is C=COC=C.O=C(O)Cl. The largest absolute Gasteiger partial charge is 0.474 e. The third kappa shape index (κ3) is 165. The maximum atomic E-state index is 8.77. The highest BCUT2D eigenvalue weighted by atomic mass is 35.5. The number of halogens is 1. The van der Waals surface area contributed by atoms with E-state index in [1.54, 1.807) is 0 Å². The number of rotatable bonds is 2. The lowest BCUT2D eigenvalue weighted by Gasteiger charge is -1.76. The summed E-state index contributed by atoms with van der Waals surface area (Å²) >= 11 is 4.19. The molecule has 0 rings (SSSR count). The Bertz CT molecular complexity index is 90.4. The zero-order valence-electron chi connectivity index (χ0n) is 4.71. The van der Waals surface area contributed by atoms with Gasteiger partial charge in [-0.2, -0.15) is 0 Å². The van der Waals surface area contributed by atoms with Crippen LogP contribution in [0.2, 0.25) is 0 Å². The normalized spacial score (nSPS) is 5.89. The van der Waals surface area contributed by atoms with Gasteiger partial charge in [-0.05, 0) is 0 Å². The highest BCUT2D eigenvalue weighted by Gasteiger charge is 1.71. The minimum Gasteiger partial charge on any atom is -0.474 e. The van der Waals surface area contributed by atoms with Gasteiger partial charge in [0.05, 0.1) is 12.5 Å². The average Bonchev–Trinajstić information content (AvgIpc) is 1.66. The van der Waals surface area contributed by atoms with Gasteiger partial charge in [-0.25, -0.2) is 4.79 Å². The van der Waals surface area contributed by atoms with Gasteiger partial charge in [-0.15, -0.1) is 0 Å².